The normalized spacial score (nSPS) is 10.7. The maximum Gasteiger partial charge on any atom is 0.332 e. The van der Waals surface area contributed by atoms with E-state index in [-0.39, 0.29) is 13.2 Å². The molecule has 0 heterocycles. The number of esters is 1. The molecule has 0 aromatic rings. The summed E-state index contributed by atoms with van der Waals surface area (Å²) in [5, 5.41) is 8.67. The minimum Gasteiger partial charge on any atom is -0.460 e. The van der Waals surface area contributed by atoms with Gasteiger partial charge in [0.2, 0.25) is 0 Å². The van der Waals surface area contributed by atoms with Gasteiger partial charge in [-0.3, -0.25) is 0 Å². The third-order valence-electron chi connectivity index (χ3n) is 0.870. The summed E-state index contributed by atoms with van der Waals surface area (Å²) in [5.41, 5.74) is 5.47. The number of nitrogens with zero attached hydrogens (tertiary/aromatic N) is 1. The van der Waals surface area contributed by atoms with Crippen LogP contribution in [0.2, 0.25) is 0 Å². The zero-order valence-electron chi connectivity index (χ0n) is 7.06. The molecule has 0 aliphatic heterocycles. The lowest BCUT2D eigenvalue weighted by Gasteiger charge is -2.00. The first kappa shape index (κ1) is 11.2. The van der Waals surface area contributed by atoms with Gasteiger partial charge in [0.05, 0.1) is 0 Å². The first-order valence-corrected chi connectivity index (χ1v) is 3.40. The molecule has 7 nitrogen and oxygen atoms in total. The van der Waals surface area contributed by atoms with E-state index in [2.05, 4.69) is 9.57 Å². The van der Waals surface area contributed by atoms with Gasteiger partial charge in [0.15, 0.2) is 0 Å². The molecule has 13 heavy (non-hydrogen) atoms. The van der Waals surface area contributed by atoms with Crippen molar-refractivity contribution in [3.05, 3.63) is 21.9 Å². The van der Waals surface area contributed by atoms with Crippen LogP contribution in [-0.4, -0.2) is 24.3 Å². The third kappa shape index (κ3) is 8.11. The highest BCUT2D eigenvalue weighted by molar-refractivity contribution is 5.82. The zero-order valence-corrected chi connectivity index (χ0v) is 7.06. The van der Waals surface area contributed by atoms with Gasteiger partial charge in [-0.25, -0.2) is 4.79 Å². The Bertz CT molecular complexity index is 221. The number of rotatable bonds is 5. The van der Waals surface area contributed by atoms with Crippen molar-refractivity contribution in [1.29, 1.82) is 0 Å². The standard InChI is InChI=1S/C6H10N2O5/c1-5(7)4-6(9)12-2-3-13-8(10)11/h4H,2-3,7H2,1H3. The molecule has 74 valence electrons. The maximum absolute atomic E-state index is 10.7. The molecular formula is C6H10N2O5. The van der Waals surface area contributed by atoms with Crippen LogP contribution >= 0.6 is 0 Å². The molecule has 0 bridgehead atoms. The van der Waals surface area contributed by atoms with E-state index in [9.17, 15) is 14.9 Å². The number of ether oxygens (including phenoxy) is 1. The molecule has 0 aliphatic carbocycles. The van der Waals surface area contributed by atoms with Gasteiger partial charge in [-0.2, -0.15) is 0 Å². The van der Waals surface area contributed by atoms with E-state index in [1.54, 1.807) is 0 Å². The first-order chi connectivity index (χ1) is 6.02. The minimum absolute atomic E-state index is 0.177. The Morgan fingerprint density at radius 2 is 2.23 bits per heavy atom. The monoisotopic (exact) mass is 190 g/mol. The molecule has 2 N–H and O–H groups in total. The van der Waals surface area contributed by atoms with Crippen molar-refractivity contribution in [1.82, 2.24) is 0 Å². The van der Waals surface area contributed by atoms with E-state index in [1.807, 2.05) is 0 Å². The first-order valence-electron chi connectivity index (χ1n) is 3.40. The van der Waals surface area contributed by atoms with Crippen molar-refractivity contribution < 1.29 is 19.5 Å². The fraction of sp³-hybridized carbons (Fsp3) is 0.500. The summed E-state index contributed by atoms with van der Waals surface area (Å²) in [6.07, 6.45) is 1.08. The van der Waals surface area contributed by atoms with E-state index >= 15 is 0 Å². The topological polar surface area (TPSA) is 105 Å². The highest BCUT2D eigenvalue weighted by Gasteiger charge is 1.99. The minimum atomic E-state index is -0.960. The van der Waals surface area contributed by atoms with Crippen molar-refractivity contribution in [2.24, 2.45) is 5.73 Å². The van der Waals surface area contributed by atoms with Gasteiger partial charge in [0.1, 0.15) is 13.2 Å². The summed E-state index contributed by atoms with van der Waals surface area (Å²) >= 11 is 0. The SMILES string of the molecule is CC(N)=CC(=O)OCCO[N+](=O)[O-]. The van der Waals surface area contributed by atoms with Gasteiger partial charge in [-0.15, -0.1) is 10.1 Å². The fourth-order valence-corrected chi connectivity index (χ4v) is 0.482. The lowest BCUT2D eigenvalue weighted by molar-refractivity contribution is -0.757. The van der Waals surface area contributed by atoms with Crippen molar-refractivity contribution in [3.63, 3.8) is 0 Å². The molecule has 0 aliphatic rings. The van der Waals surface area contributed by atoms with Gasteiger partial charge < -0.3 is 15.3 Å². The predicted molar refractivity (Wildman–Crippen MR) is 41.8 cm³/mol. The van der Waals surface area contributed by atoms with Gasteiger partial charge in [-0.1, -0.05) is 0 Å². The van der Waals surface area contributed by atoms with E-state index in [0.717, 1.165) is 6.08 Å². The number of carbonyl (C=O) groups excluding carboxylic acids is 1. The van der Waals surface area contributed by atoms with Crippen molar-refractivity contribution in [2.75, 3.05) is 13.2 Å². The average Bonchev–Trinajstić information content (AvgIpc) is 1.96. The second kappa shape index (κ2) is 5.81. The van der Waals surface area contributed by atoms with Gasteiger partial charge in [0, 0.05) is 11.8 Å². The maximum atomic E-state index is 10.7. The molecule has 0 fully saturated rings. The Kier molecular flexibility index (Phi) is 5.01. The Balaban J connectivity index is 3.49. The van der Waals surface area contributed by atoms with E-state index in [0.29, 0.717) is 5.70 Å². The Hall–Kier alpha value is -1.79. The molecule has 0 amide bonds. The summed E-state index contributed by atoms with van der Waals surface area (Å²) < 4.78 is 4.48. The molecule has 0 radical (unpaired) electrons. The number of nitrogens with two attached hydrogens (primary N) is 1. The third-order valence-corrected chi connectivity index (χ3v) is 0.870. The molecule has 0 rings (SSSR count). The molecule has 7 heteroatoms. The van der Waals surface area contributed by atoms with Crippen molar-refractivity contribution in [3.8, 4) is 0 Å². The van der Waals surface area contributed by atoms with Gasteiger partial charge in [-0.05, 0) is 6.92 Å². The molecule has 0 aromatic heterocycles. The molecule has 0 aromatic carbocycles. The van der Waals surface area contributed by atoms with Crippen molar-refractivity contribution >= 4 is 5.97 Å². The number of carbonyl (C=O) groups is 1. The number of allylic oxidation sites excluding steroid dienone is 1. The second-order valence-corrected chi connectivity index (χ2v) is 2.11. The second-order valence-electron chi connectivity index (χ2n) is 2.11. The average molecular weight is 190 g/mol. The van der Waals surface area contributed by atoms with Crippen LogP contribution in [0.5, 0.6) is 0 Å². The molecule has 0 saturated carbocycles. The predicted octanol–water partition coefficient (Wildman–Crippen LogP) is -0.400. The van der Waals surface area contributed by atoms with Crippen LogP contribution in [-0.2, 0) is 14.4 Å². The number of hydrogen-bond acceptors (Lipinski definition) is 6. The highest BCUT2D eigenvalue weighted by Crippen LogP contribution is 1.86. The zero-order chi connectivity index (χ0) is 10.3. The van der Waals surface area contributed by atoms with Crippen LogP contribution in [0.3, 0.4) is 0 Å². The summed E-state index contributed by atoms with van der Waals surface area (Å²) in [7, 11) is 0. The number of hydrogen-bond donors (Lipinski definition) is 1. The van der Waals surface area contributed by atoms with E-state index in [1.165, 1.54) is 6.92 Å². The quantitative estimate of drug-likeness (QED) is 0.208. The van der Waals surface area contributed by atoms with Crippen LogP contribution in [0.25, 0.3) is 0 Å². The summed E-state index contributed by atoms with van der Waals surface area (Å²) in [6.45, 7) is 1.06. The lowest BCUT2D eigenvalue weighted by Crippen LogP contribution is -2.12. The van der Waals surface area contributed by atoms with Gasteiger partial charge in [0.25, 0.3) is 5.09 Å². The molecule has 0 saturated heterocycles. The van der Waals surface area contributed by atoms with Gasteiger partial charge >= 0.3 is 5.97 Å². The fourth-order valence-electron chi connectivity index (χ4n) is 0.482. The van der Waals surface area contributed by atoms with Crippen LogP contribution in [0.4, 0.5) is 0 Å². The van der Waals surface area contributed by atoms with Crippen LogP contribution < -0.4 is 5.73 Å². The molecule has 0 spiro atoms. The Morgan fingerprint density at radius 1 is 1.62 bits per heavy atom. The lowest BCUT2D eigenvalue weighted by atomic mass is 10.4. The van der Waals surface area contributed by atoms with E-state index < -0.39 is 11.1 Å². The summed E-state index contributed by atoms with van der Waals surface area (Å²) in [4.78, 5) is 24.2. The van der Waals surface area contributed by atoms with Crippen LogP contribution in [0.15, 0.2) is 11.8 Å². The highest BCUT2D eigenvalue weighted by atomic mass is 17.0. The van der Waals surface area contributed by atoms with Crippen LogP contribution in [0.1, 0.15) is 6.92 Å². The largest absolute Gasteiger partial charge is 0.460 e. The Morgan fingerprint density at radius 3 is 2.69 bits per heavy atom. The Labute approximate surface area is 74.2 Å². The summed E-state index contributed by atoms with van der Waals surface area (Å²) in [5.74, 6) is -0.646. The van der Waals surface area contributed by atoms with Crippen molar-refractivity contribution in [2.45, 2.75) is 6.92 Å². The molecule has 0 atom stereocenters. The summed E-state index contributed by atoms with van der Waals surface area (Å²) in [6, 6.07) is 0. The molecule has 0 unspecified atom stereocenters. The molecular weight excluding hydrogens is 180 g/mol. The van der Waals surface area contributed by atoms with Crippen LogP contribution in [0, 0.1) is 10.1 Å². The van der Waals surface area contributed by atoms with E-state index in [4.69, 9.17) is 5.73 Å². The smallest absolute Gasteiger partial charge is 0.332 e.